The van der Waals surface area contributed by atoms with Crippen molar-refractivity contribution in [2.45, 2.75) is 13.8 Å². The highest BCUT2D eigenvalue weighted by Crippen LogP contribution is 2.20. The SMILES string of the molecule is CCN(CC)c1cc(OC)ccc1P.COc1ccccc1. The second-order valence-corrected chi connectivity index (χ2v) is 5.24. The van der Waals surface area contributed by atoms with Gasteiger partial charge in [0, 0.05) is 24.8 Å². The third-order valence-corrected chi connectivity index (χ3v) is 3.81. The summed E-state index contributed by atoms with van der Waals surface area (Å²) >= 11 is 0. The average Bonchev–Trinajstić information content (AvgIpc) is 2.59. The highest BCUT2D eigenvalue weighted by Gasteiger charge is 2.06. The van der Waals surface area contributed by atoms with Crippen LogP contribution in [0.1, 0.15) is 13.8 Å². The first-order chi connectivity index (χ1) is 10.7. The molecule has 2 rings (SSSR count). The Morgan fingerprint density at radius 1 is 0.864 bits per heavy atom. The van der Waals surface area contributed by atoms with Crippen LogP contribution >= 0.6 is 9.24 Å². The Morgan fingerprint density at radius 2 is 1.45 bits per heavy atom. The van der Waals surface area contributed by atoms with E-state index in [4.69, 9.17) is 9.47 Å². The topological polar surface area (TPSA) is 21.7 Å². The van der Waals surface area contributed by atoms with E-state index >= 15 is 0 Å². The van der Waals surface area contributed by atoms with Crippen LogP contribution in [0.25, 0.3) is 0 Å². The van der Waals surface area contributed by atoms with E-state index in [2.05, 4.69) is 40.1 Å². The molecule has 0 aliphatic heterocycles. The van der Waals surface area contributed by atoms with Crippen LogP contribution in [0.15, 0.2) is 48.5 Å². The molecule has 0 fully saturated rings. The molecule has 22 heavy (non-hydrogen) atoms. The van der Waals surface area contributed by atoms with Gasteiger partial charge in [-0.15, -0.1) is 9.24 Å². The molecule has 0 radical (unpaired) electrons. The fourth-order valence-electron chi connectivity index (χ4n) is 2.05. The predicted octanol–water partition coefficient (Wildman–Crippen LogP) is 3.74. The smallest absolute Gasteiger partial charge is 0.120 e. The van der Waals surface area contributed by atoms with Crippen LogP contribution in [0.3, 0.4) is 0 Å². The molecule has 0 saturated carbocycles. The molecule has 120 valence electrons. The molecule has 1 atom stereocenters. The van der Waals surface area contributed by atoms with E-state index in [9.17, 15) is 0 Å². The molecule has 1 unspecified atom stereocenters. The van der Waals surface area contributed by atoms with Crippen LogP contribution in [0.4, 0.5) is 5.69 Å². The van der Waals surface area contributed by atoms with Gasteiger partial charge in [0.25, 0.3) is 0 Å². The van der Waals surface area contributed by atoms with E-state index in [1.165, 1.54) is 11.0 Å². The molecule has 0 bridgehead atoms. The molecular weight excluding hydrogens is 293 g/mol. The lowest BCUT2D eigenvalue weighted by Gasteiger charge is -2.23. The van der Waals surface area contributed by atoms with Gasteiger partial charge in [0.05, 0.1) is 14.2 Å². The molecule has 0 aromatic heterocycles. The Morgan fingerprint density at radius 3 is 1.91 bits per heavy atom. The predicted molar refractivity (Wildman–Crippen MR) is 98.9 cm³/mol. The van der Waals surface area contributed by atoms with E-state index in [1.54, 1.807) is 14.2 Å². The summed E-state index contributed by atoms with van der Waals surface area (Å²) in [5, 5.41) is 1.22. The standard InChI is InChI=1S/C11H18NOP.C7H8O/c1-4-12(5-2)10-8-9(13-3)6-7-11(10)14;1-8-7-5-3-2-4-6-7/h6-8H,4-5,14H2,1-3H3;2-6H,1H3. The summed E-state index contributed by atoms with van der Waals surface area (Å²) in [6, 6.07) is 15.8. The number of hydrogen-bond donors (Lipinski definition) is 0. The normalized spacial score (nSPS) is 9.50. The third-order valence-electron chi connectivity index (χ3n) is 3.32. The maximum Gasteiger partial charge on any atom is 0.120 e. The van der Waals surface area contributed by atoms with Gasteiger partial charge in [-0.1, -0.05) is 18.2 Å². The van der Waals surface area contributed by atoms with Crippen molar-refractivity contribution in [3.63, 3.8) is 0 Å². The molecule has 0 aliphatic rings. The molecular formula is C18H26NO2P. The van der Waals surface area contributed by atoms with Crippen molar-refractivity contribution in [2.75, 3.05) is 32.2 Å². The third kappa shape index (κ3) is 5.57. The molecule has 0 spiro atoms. The zero-order chi connectivity index (χ0) is 16.4. The zero-order valence-electron chi connectivity index (χ0n) is 13.9. The lowest BCUT2D eigenvalue weighted by molar-refractivity contribution is 0.414. The van der Waals surface area contributed by atoms with E-state index in [1.807, 2.05) is 36.4 Å². The lowest BCUT2D eigenvalue weighted by Crippen LogP contribution is -2.25. The minimum atomic E-state index is 0.910. The fraction of sp³-hybridized carbons (Fsp3) is 0.333. The summed E-state index contributed by atoms with van der Waals surface area (Å²) in [6.45, 7) is 6.36. The Labute approximate surface area is 136 Å². The minimum absolute atomic E-state index is 0.910. The van der Waals surface area contributed by atoms with Gasteiger partial charge in [-0.3, -0.25) is 0 Å². The summed E-state index contributed by atoms with van der Waals surface area (Å²) < 4.78 is 10.1. The Bertz CT molecular complexity index is 542. The first-order valence-electron chi connectivity index (χ1n) is 7.43. The van der Waals surface area contributed by atoms with Gasteiger partial charge in [-0.2, -0.15) is 0 Å². The van der Waals surface area contributed by atoms with Crippen LogP contribution < -0.4 is 19.7 Å². The van der Waals surface area contributed by atoms with E-state index < -0.39 is 0 Å². The number of benzene rings is 2. The van der Waals surface area contributed by atoms with Crippen LogP contribution in [-0.4, -0.2) is 27.3 Å². The first-order valence-corrected chi connectivity index (χ1v) is 8.01. The monoisotopic (exact) mass is 319 g/mol. The molecule has 0 saturated heterocycles. The maximum absolute atomic E-state index is 5.21. The van der Waals surface area contributed by atoms with Crippen LogP contribution in [0, 0.1) is 0 Å². The quantitative estimate of drug-likeness (QED) is 0.784. The van der Waals surface area contributed by atoms with Crippen molar-refractivity contribution in [3.8, 4) is 11.5 Å². The van der Waals surface area contributed by atoms with Crippen molar-refractivity contribution in [3.05, 3.63) is 48.5 Å². The highest BCUT2D eigenvalue weighted by molar-refractivity contribution is 7.28. The van der Waals surface area contributed by atoms with Crippen LogP contribution in [0.2, 0.25) is 0 Å². The number of methoxy groups -OCH3 is 2. The van der Waals surface area contributed by atoms with Crippen molar-refractivity contribution < 1.29 is 9.47 Å². The summed E-state index contributed by atoms with van der Waals surface area (Å²) in [4.78, 5) is 2.31. The Kier molecular flexibility index (Phi) is 8.39. The number of nitrogens with zero attached hydrogens (tertiary/aromatic N) is 1. The zero-order valence-corrected chi connectivity index (χ0v) is 15.0. The highest BCUT2D eigenvalue weighted by atomic mass is 31.0. The van der Waals surface area contributed by atoms with Gasteiger partial charge in [-0.05, 0) is 43.4 Å². The Hall–Kier alpha value is -1.73. The molecule has 0 aliphatic carbocycles. The number of hydrogen-bond acceptors (Lipinski definition) is 3. The van der Waals surface area contributed by atoms with E-state index in [-0.39, 0.29) is 0 Å². The summed E-state index contributed by atoms with van der Waals surface area (Å²) in [5.41, 5.74) is 1.24. The van der Waals surface area contributed by atoms with Crippen LogP contribution in [0.5, 0.6) is 11.5 Å². The number of para-hydroxylation sites is 1. The molecule has 2 aromatic carbocycles. The van der Waals surface area contributed by atoms with Gasteiger partial charge in [0.15, 0.2) is 0 Å². The summed E-state index contributed by atoms with van der Waals surface area (Å²) in [5.74, 6) is 1.82. The molecule has 0 amide bonds. The van der Waals surface area contributed by atoms with E-state index in [0.29, 0.717) is 0 Å². The van der Waals surface area contributed by atoms with Crippen molar-refractivity contribution in [1.82, 2.24) is 0 Å². The van der Waals surface area contributed by atoms with Crippen molar-refractivity contribution in [2.24, 2.45) is 0 Å². The number of rotatable bonds is 5. The summed E-state index contributed by atoms with van der Waals surface area (Å²) in [7, 11) is 6.12. The molecule has 0 N–H and O–H groups in total. The second-order valence-electron chi connectivity index (χ2n) is 4.61. The van der Waals surface area contributed by atoms with Gasteiger partial charge >= 0.3 is 0 Å². The molecule has 4 heteroatoms. The lowest BCUT2D eigenvalue weighted by atomic mass is 10.2. The van der Waals surface area contributed by atoms with E-state index in [0.717, 1.165) is 24.6 Å². The second kappa shape index (κ2) is 10.1. The van der Waals surface area contributed by atoms with Gasteiger partial charge < -0.3 is 14.4 Å². The first kappa shape index (κ1) is 18.3. The van der Waals surface area contributed by atoms with Crippen LogP contribution in [-0.2, 0) is 0 Å². The van der Waals surface area contributed by atoms with Gasteiger partial charge in [-0.25, -0.2) is 0 Å². The average molecular weight is 319 g/mol. The molecule has 3 nitrogen and oxygen atoms in total. The number of anilines is 1. The fourth-order valence-corrected chi connectivity index (χ4v) is 2.41. The van der Waals surface area contributed by atoms with Crippen molar-refractivity contribution >= 4 is 20.2 Å². The van der Waals surface area contributed by atoms with Gasteiger partial charge in [0.1, 0.15) is 11.5 Å². The summed E-state index contributed by atoms with van der Waals surface area (Å²) in [6.07, 6.45) is 0. The Balaban J connectivity index is 0.000000255. The minimum Gasteiger partial charge on any atom is -0.497 e. The number of ether oxygens (including phenoxy) is 2. The van der Waals surface area contributed by atoms with Gasteiger partial charge in [0.2, 0.25) is 0 Å². The van der Waals surface area contributed by atoms with Crippen molar-refractivity contribution in [1.29, 1.82) is 0 Å². The molecule has 2 aromatic rings. The largest absolute Gasteiger partial charge is 0.497 e. The maximum atomic E-state index is 5.21. The molecule has 0 heterocycles.